The summed E-state index contributed by atoms with van der Waals surface area (Å²) in [5, 5.41) is 8.84. The summed E-state index contributed by atoms with van der Waals surface area (Å²) in [6.07, 6.45) is 7.54. The minimum atomic E-state index is 0.804. The number of pyridine rings is 2. The molecule has 31 heavy (non-hydrogen) atoms. The highest BCUT2D eigenvalue weighted by atomic mass is 15.2. The molecule has 8 heteroatoms. The molecule has 0 amide bonds. The highest BCUT2D eigenvalue weighted by Crippen LogP contribution is 2.33. The van der Waals surface area contributed by atoms with E-state index in [-0.39, 0.29) is 0 Å². The standard InChI is InChI=1S/C23H24N8/c1-14-25-13-20(30(14)2)16-6-7-17-21(26-16)22(29-28-17)18-12-15-19(8-9-24-23(15)27-18)31-10-4-3-5-11-31/h6-9,12-13H,3-5,10-11H2,1-2H3,(H,24,27)(H,28,29). The Balaban J connectivity index is 1.47. The molecular formula is C23H24N8. The summed E-state index contributed by atoms with van der Waals surface area (Å²) < 4.78 is 2.05. The number of aryl methyl sites for hydroxylation is 1. The fourth-order valence-corrected chi connectivity index (χ4v) is 4.52. The molecule has 8 nitrogen and oxygen atoms in total. The molecule has 0 unspecified atom stereocenters. The molecule has 6 rings (SSSR count). The number of rotatable bonds is 3. The fourth-order valence-electron chi connectivity index (χ4n) is 4.52. The first-order valence-electron chi connectivity index (χ1n) is 10.8. The second-order valence-corrected chi connectivity index (χ2v) is 8.24. The summed E-state index contributed by atoms with van der Waals surface area (Å²) in [6.45, 7) is 4.18. The minimum absolute atomic E-state index is 0.804. The summed E-state index contributed by atoms with van der Waals surface area (Å²) in [7, 11) is 2.01. The number of piperidine rings is 1. The van der Waals surface area contributed by atoms with Gasteiger partial charge in [-0.15, -0.1) is 0 Å². The Morgan fingerprint density at radius 2 is 1.90 bits per heavy atom. The predicted octanol–water partition coefficient (Wildman–Crippen LogP) is 4.20. The van der Waals surface area contributed by atoms with Crippen molar-refractivity contribution in [2.45, 2.75) is 26.2 Å². The van der Waals surface area contributed by atoms with Crippen molar-refractivity contribution in [3.8, 4) is 22.8 Å². The highest BCUT2D eigenvalue weighted by molar-refractivity contribution is 5.97. The van der Waals surface area contributed by atoms with E-state index < -0.39 is 0 Å². The van der Waals surface area contributed by atoms with E-state index in [0.29, 0.717) is 0 Å². The topological polar surface area (TPSA) is 91.3 Å². The molecule has 5 aromatic rings. The van der Waals surface area contributed by atoms with Gasteiger partial charge in [-0.05, 0) is 50.5 Å². The summed E-state index contributed by atoms with van der Waals surface area (Å²) >= 11 is 0. The zero-order valence-electron chi connectivity index (χ0n) is 17.7. The van der Waals surface area contributed by atoms with Crippen molar-refractivity contribution in [1.29, 1.82) is 0 Å². The van der Waals surface area contributed by atoms with Crippen LogP contribution in [0.2, 0.25) is 0 Å². The number of aromatic amines is 2. The maximum atomic E-state index is 4.93. The summed E-state index contributed by atoms with van der Waals surface area (Å²) in [5.74, 6) is 0.955. The molecule has 0 saturated carbocycles. The molecule has 0 aromatic carbocycles. The van der Waals surface area contributed by atoms with E-state index in [9.17, 15) is 0 Å². The lowest BCUT2D eigenvalue weighted by atomic mass is 10.1. The smallest absolute Gasteiger partial charge is 0.139 e. The molecule has 156 valence electrons. The highest BCUT2D eigenvalue weighted by Gasteiger charge is 2.19. The molecule has 1 aliphatic heterocycles. The Bertz CT molecular complexity index is 1400. The summed E-state index contributed by atoms with van der Waals surface area (Å²) in [5.41, 5.74) is 7.45. The van der Waals surface area contributed by atoms with Gasteiger partial charge in [-0.1, -0.05) is 0 Å². The Hall–Kier alpha value is -3.68. The number of H-pyrrole nitrogens is 2. The molecule has 0 radical (unpaired) electrons. The number of anilines is 1. The van der Waals surface area contributed by atoms with E-state index in [2.05, 4.69) is 42.2 Å². The molecule has 0 atom stereocenters. The normalized spacial score (nSPS) is 14.7. The maximum Gasteiger partial charge on any atom is 0.139 e. The Morgan fingerprint density at radius 1 is 1.03 bits per heavy atom. The van der Waals surface area contributed by atoms with Crippen LogP contribution in [0, 0.1) is 6.92 Å². The molecule has 1 fully saturated rings. The van der Waals surface area contributed by atoms with Crippen LogP contribution in [0.4, 0.5) is 5.69 Å². The van der Waals surface area contributed by atoms with Gasteiger partial charge in [0.1, 0.15) is 22.7 Å². The molecule has 1 saturated heterocycles. The van der Waals surface area contributed by atoms with Gasteiger partial charge in [-0.25, -0.2) is 15.0 Å². The molecule has 2 N–H and O–H groups in total. The van der Waals surface area contributed by atoms with Crippen molar-refractivity contribution < 1.29 is 0 Å². The first-order chi connectivity index (χ1) is 15.2. The van der Waals surface area contributed by atoms with E-state index in [4.69, 9.17) is 4.98 Å². The largest absolute Gasteiger partial charge is 0.371 e. The Labute approximate surface area is 179 Å². The van der Waals surface area contributed by atoms with Gasteiger partial charge in [0.25, 0.3) is 0 Å². The van der Waals surface area contributed by atoms with Crippen LogP contribution < -0.4 is 4.90 Å². The quantitative estimate of drug-likeness (QED) is 0.463. The van der Waals surface area contributed by atoms with E-state index in [1.165, 1.54) is 24.9 Å². The third kappa shape index (κ3) is 2.90. The van der Waals surface area contributed by atoms with Crippen LogP contribution in [-0.4, -0.2) is 47.8 Å². The van der Waals surface area contributed by atoms with Crippen molar-refractivity contribution >= 4 is 27.8 Å². The fraction of sp³-hybridized carbons (Fsp3) is 0.304. The number of nitrogens with one attached hydrogen (secondary N) is 2. The van der Waals surface area contributed by atoms with Crippen LogP contribution in [0.3, 0.4) is 0 Å². The average Bonchev–Trinajstić information content (AvgIpc) is 3.50. The van der Waals surface area contributed by atoms with Crippen molar-refractivity contribution in [1.82, 2.24) is 34.7 Å². The van der Waals surface area contributed by atoms with Gasteiger partial charge in [0, 0.05) is 37.4 Å². The van der Waals surface area contributed by atoms with Gasteiger partial charge < -0.3 is 14.5 Å². The first-order valence-corrected chi connectivity index (χ1v) is 10.8. The molecule has 0 bridgehead atoms. The summed E-state index contributed by atoms with van der Waals surface area (Å²) in [4.78, 5) is 19.8. The minimum Gasteiger partial charge on any atom is -0.371 e. The molecule has 6 heterocycles. The number of hydrogen-bond donors (Lipinski definition) is 2. The summed E-state index contributed by atoms with van der Waals surface area (Å²) in [6, 6.07) is 8.30. The van der Waals surface area contributed by atoms with E-state index in [0.717, 1.165) is 63.8 Å². The lowest BCUT2D eigenvalue weighted by Crippen LogP contribution is -2.29. The van der Waals surface area contributed by atoms with Crippen molar-refractivity contribution in [2.24, 2.45) is 7.05 Å². The lowest BCUT2D eigenvalue weighted by Gasteiger charge is -2.29. The molecular weight excluding hydrogens is 388 g/mol. The SMILES string of the molecule is Cc1ncc(-c2ccc3[nH]nc(-c4cc5c(N6CCCCC6)ccnc5[nH]4)c3n2)n1C. The van der Waals surface area contributed by atoms with Crippen LogP contribution in [0.5, 0.6) is 0 Å². The number of imidazole rings is 1. The van der Waals surface area contributed by atoms with Gasteiger partial charge >= 0.3 is 0 Å². The first kappa shape index (κ1) is 18.1. The van der Waals surface area contributed by atoms with E-state index >= 15 is 0 Å². The molecule has 0 spiro atoms. The van der Waals surface area contributed by atoms with Crippen LogP contribution in [-0.2, 0) is 7.05 Å². The van der Waals surface area contributed by atoms with Gasteiger partial charge in [-0.2, -0.15) is 5.10 Å². The number of hydrogen-bond acceptors (Lipinski definition) is 5. The zero-order chi connectivity index (χ0) is 20.9. The van der Waals surface area contributed by atoms with Crippen LogP contribution in [0.25, 0.3) is 44.8 Å². The molecule has 1 aliphatic rings. The average molecular weight is 413 g/mol. The van der Waals surface area contributed by atoms with Crippen molar-refractivity contribution in [3.05, 3.63) is 42.5 Å². The van der Waals surface area contributed by atoms with Crippen molar-refractivity contribution in [2.75, 3.05) is 18.0 Å². The van der Waals surface area contributed by atoms with Gasteiger partial charge in [-0.3, -0.25) is 5.10 Å². The predicted molar refractivity (Wildman–Crippen MR) is 122 cm³/mol. The van der Waals surface area contributed by atoms with Crippen LogP contribution >= 0.6 is 0 Å². The lowest BCUT2D eigenvalue weighted by molar-refractivity contribution is 0.579. The second kappa shape index (κ2) is 6.94. The van der Waals surface area contributed by atoms with Gasteiger partial charge in [0.15, 0.2) is 0 Å². The zero-order valence-corrected chi connectivity index (χ0v) is 17.7. The third-order valence-electron chi connectivity index (χ3n) is 6.35. The maximum absolute atomic E-state index is 4.93. The third-order valence-corrected chi connectivity index (χ3v) is 6.35. The Kier molecular flexibility index (Phi) is 4.05. The molecule has 5 aromatic heterocycles. The second-order valence-electron chi connectivity index (χ2n) is 8.24. The number of aromatic nitrogens is 7. The monoisotopic (exact) mass is 412 g/mol. The van der Waals surface area contributed by atoms with Crippen LogP contribution in [0.15, 0.2) is 36.7 Å². The van der Waals surface area contributed by atoms with E-state index in [1.54, 1.807) is 0 Å². The number of nitrogens with zero attached hydrogens (tertiary/aromatic N) is 6. The van der Waals surface area contributed by atoms with E-state index in [1.807, 2.05) is 43.1 Å². The van der Waals surface area contributed by atoms with Gasteiger partial charge in [0.2, 0.25) is 0 Å². The van der Waals surface area contributed by atoms with Gasteiger partial charge in [0.05, 0.1) is 28.8 Å². The van der Waals surface area contributed by atoms with Crippen molar-refractivity contribution in [3.63, 3.8) is 0 Å². The Morgan fingerprint density at radius 3 is 2.71 bits per heavy atom. The van der Waals surface area contributed by atoms with Crippen LogP contribution in [0.1, 0.15) is 25.1 Å². The number of fused-ring (bicyclic) bond motifs is 2. The molecule has 0 aliphatic carbocycles.